The Morgan fingerprint density at radius 2 is 1.77 bits per heavy atom. The van der Waals surface area contributed by atoms with Gasteiger partial charge >= 0.3 is 5.97 Å². The first-order chi connectivity index (χ1) is 21.4. The standard InChI is InChI=1S/C34H31N3O6S/c1-6-43-33(39)29-19(2)35-34-37(31(29)21-12-15-26(41-4)27(16-21)42-5)32(38)28(44-34)18-24-23-17-22(40-3)13-14-25(23)36-30(24)20-10-8-7-9-11-20/h7-18,31,36H,6H2,1-5H3/t31-/m0/s1. The third kappa shape index (κ3) is 4.97. The van der Waals surface area contributed by atoms with Gasteiger partial charge in [-0.2, -0.15) is 0 Å². The molecule has 1 aliphatic rings. The van der Waals surface area contributed by atoms with Crippen LogP contribution in [-0.2, 0) is 9.53 Å². The molecule has 0 saturated carbocycles. The van der Waals surface area contributed by atoms with E-state index in [1.807, 2.05) is 60.7 Å². The van der Waals surface area contributed by atoms with E-state index in [0.717, 1.165) is 27.7 Å². The number of hydrogen-bond acceptors (Lipinski definition) is 8. The highest BCUT2D eigenvalue weighted by atomic mass is 32.1. The number of carbonyl (C=O) groups excluding carboxylic acids is 1. The monoisotopic (exact) mass is 609 g/mol. The lowest BCUT2D eigenvalue weighted by molar-refractivity contribution is -0.139. The molecule has 9 nitrogen and oxygen atoms in total. The number of esters is 1. The lowest BCUT2D eigenvalue weighted by Gasteiger charge is -2.25. The van der Waals surface area contributed by atoms with Gasteiger partial charge in [0.1, 0.15) is 5.75 Å². The van der Waals surface area contributed by atoms with Crippen LogP contribution in [0.4, 0.5) is 0 Å². The molecule has 5 aromatic rings. The quantitative estimate of drug-likeness (QED) is 0.249. The number of thiazole rings is 1. The molecule has 0 aliphatic carbocycles. The summed E-state index contributed by atoms with van der Waals surface area (Å²) in [5, 5.41) is 0.911. The lowest BCUT2D eigenvalue weighted by atomic mass is 9.95. The van der Waals surface area contributed by atoms with Gasteiger partial charge in [0.25, 0.3) is 5.56 Å². The lowest BCUT2D eigenvalue weighted by Crippen LogP contribution is -2.40. The van der Waals surface area contributed by atoms with Gasteiger partial charge in [0.05, 0.1) is 55.5 Å². The summed E-state index contributed by atoms with van der Waals surface area (Å²) >= 11 is 1.27. The zero-order valence-electron chi connectivity index (χ0n) is 25.0. The first-order valence-corrected chi connectivity index (χ1v) is 14.9. The highest BCUT2D eigenvalue weighted by molar-refractivity contribution is 7.07. The second-order valence-corrected chi connectivity index (χ2v) is 11.1. The number of H-pyrrole nitrogens is 1. The first-order valence-electron chi connectivity index (χ1n) is 14.0. The zero-order chi connectivity index (χ0) is 31.0. The molecular formula is C34H31N3O6S. The molecule has 3 heterocycles. The predicted octanol–water partition coefficient (Wildman–Crippen LogP) is 4.97. The minimum Gasteiger partial charge on any atom is -0.497 e. The van der Waals surface area contributed by atoms with Crippen molar-refractivity contribution in [1.29, 1.82) is 0 Å². The third-order valence-electron chi connectivity index (χ3n) is 7.62. The second kappa shape index (κ2) is 11.9. The molecule has 0 bridgehead atoms. The van der Waals surface area contributed by atoms with E-state index in [4.69, 9.17) is 23.9 Å². The van der Waals surface area contributed by atoms with Crippen molar-refractivity contribution in [2.45, 2.75) is 19.9 Å². The van der Waals surface area contributed by atoms with Gasteiger partial charge in [-0.1, -0.05) is 47.7 Å². The highest BCUT2D eigenvalue weighted by Gasteiger charge is 2.34. The summed E-state index contributed by atoms with van der Waals surface area (Å²) in [6, 6.07) is 20.3. The van der Waals surface area contributed by atoms with Crippen molar-refractivity contribution in [3.8, 4) is 28.5 Å². The summed E-state index contributed by atoms with van der Waals surface area (Å²) in [6.07, 6.45) is 1.89. The van der Waals surface area contributed by atoms with Crippen LogP contribution in [0.1, 0.15) is 31.0 Å². The number of benzene rings is 3. The molecule has 1 N–H and O–H groups in total. The van der Waals surface area contributed by atoms with Crippen molar-refractivity contribution in [3.05, 3.63) is 109 Å². The zero-order valence-corrected chi connectivity index (χ0v) is 25.8. The van der Waals surface area contributed by atoms with Crippen molar-refractivity contribution in [2.24, 2.45) is 4.99 Å². The molecule has 3 aromatic carbocycles. The topological polar surface area (TPSA) is 104 Å². The Balaban J connectivity index is 1.62. The largest absolute Gasteiger partial charge is 0.497 e. The van der Waals surface area contributed by atoms with E-state index < -0.39 is 12.0 Å². The van der Waals surface area contributed by atoms with E-state index in [-0.39, 0.29) is 12.2 Å². The number of ether oxygens (including phenoxy) is 4. The molecule has 10 heteroatoms. The smallest absolute Gasteiger partial charge is 0.338 e. The van der Waals surface area contributed by atoms with Gasteiger partial charge < -0.3 is 23.9 Å². The summed E-state index contributed by atoms with van der Waals surface area (Å²) in [4.78, 5) is 36.4. The summed E-state index contributed by atoms with van der Waals surface area (Å²) < 4.78 is 24.0. The molecule has 0 amide bonds. The normalized spacial score (nSPS) is 14.8. The van der Waals surface area contributed by atoms with Gasteiger partial charge in [0.2, 0.25) is 0 Å². The molecular weight excluding hydrogens is 578 g/mol. The number of methoxy groups -OCH3 is 3. The van der Waals surface area contributed by atoms with Gasteiger partial charge in [-0.15, -0.1) is 0 Å². The minimum absolute atomic E-state index is 0.185. The number of allylic oxidation sites excluding steroid dienone is 1. The second-order valence-electron chi connectivity index (χ2n) is 10.1. The van der Waals surface area contributed by atoms with Crippen LogP contribution >= 0.6 is 11.3 Å². The van der Waals surface area contributed by atoms with Gasteiger partial charge in [0.15, 0.2) is 16.3 Å². The summed E-state index contributed by atoms with van der Waals surface area (Å²) in [6.45, 7) is 3.69. The summed E-state index contributed by atoms with van der Waals surface area (Å²) in [5.74, 6) is 1.18. The van der Waals surface area contributed by atoms with Crippen molar-refractivity contribution in [3.63, 3.8) is 0 Å². The molecule has 0 unspecified atom stereocenters. The number of rotatable bonds is 8. The number of nitrogens with one attached hydrogen (secondary N) is 1. The van der Waals surface area contributed by atoms with Crippen molar-refractivity contribution < 1.29 is 23.7 Å². The summed E-state index contributed by atoms with van der Waals surface area (Å²) in [7, 11) is 4.72. The van der Waals surface area contributed by atoms with Gasteiger partial charge in [0, 0.05) is 16.5 Å². The van der Waals surface area contributed by atoms with Crippen LogP contribution < -0.4 is 29.1 Å². The predicted molar refractivity (Wildman–Crippen MR) is 170 cm³/mol. The van der Waals surface area contributed by atoms with E-state index in [1.165, 1.54) is 11.3 Å². The Morgan fingerprint density at radius 1 is 1.00 bits per heavy atom. The van der Waals surface area contributed by atoms with Crippen LogP contribution in [0.3, 0.4) is 0 Å². The molecule has 224 valence electrons. The molecule has 1 aliphatic heterocycles. The number of hydrogen-bond donors (Lipinski definition) is 1. The Hall–Kier alpha value is -5.09. The Kier molecular flexibility index (Phi) is 7.84. The molecule has 44 heavy (non-hydrogen) atoms. The maximum Gasteiger partial charge on any atom is 0.338 e. The van der Waals surface area contributed by atoms with Crippen LogP contribution in [0.25, 0.3) is 28.2 Å². The fourth-order valence-corrected chi connectivity index (χ4v) is 6.59. The molecule has 6 rings (SSSR count). The molecule has 0 radical (unpaired) electrons. The van der Waals surface area contributed by atoms with Gasteiger partial charge in [-0.05, 0) is 61.4 Å². The minimum atomic E-state index is -0.788. The van der Waals surface area contributed by atoms with E-state index >= 15 is 0 Å². The number of nitrogens with zero attached hydrogens (tertiary/aromatic N) is 2. The number of carbonyl (C=O) groups is 1. The van der Waals surface area contributed by atoms with E-state index in [1.54, 1.807) is 51.9 Å². The third-order valence-corrected chi connectivity index (χ3v) is 8.61. The van der Waals surface area contributed by atoms with Crippen LogP contribution in [0.2, 0.25) is 0 Å². The van der Waals surface area contributed by atoms with Crippen molar-refractivity contribution in [2.75, 3.05) is 27.9 Å². The maximum atomic E-state index is 14.4. The highest BCUT2D eigenvalue weighted by Crippen LogP contribution is 2.37. The number of fused-ring (bicyclic) bond motifs is 2. The van der Waals surface area contributed by atoms with Gasteiger partial charge in [-0.25, -0.2) is 9.79 Å². The Morgan fingerprint density at radius 3 is 2.48 bits per heavy atom. The molecule has 0 saturated heterocycles. The summed E-state index contributed by atoms with van der Waals surface area (Å²) in [5.41, 5.74) is 4.77. The fourth-order valence-electron chi connectivity index (χ4n) is 5.56. The average molecular weight is 610 g/mol. The van der Waals surface area contributed by atoms with Gasteiger partial charge in [-0.3, -0.25) is 9.36 Å². The van der Waals surface area contributed by atoms with E-state index in [2.05, 4.69) is 4.98 Å². The SMILES string of the molecule is CCOC(=O)C1=C(C)N=c2sc(=Cc3c(-c4ccccc4)[nH]c4ccc(OC)cc34)c(=O)n2[C@H]1c1ccc(OC)c(OC)c1. The van der Waals surface area contributed by atoms with E-state index in [0.29, 0.717) is 43.4 Å². The van der Waals surface area contributed by atoms with Crippen LogP contribution in [0.5, 0.6) is 17.2 Å². The number of aromatic nitrogens is 2. The van der Waals surface area contributed by atoms with Crippen LogP contribution in [0.15, 0.2) is 87.8 Å². The Labute approximate surface area is 257 Å². The average Bonchev–Trinajstić information content (AvgIpc) is 3.56. The molecule has 0 spiro atoms. The van der Waals surface area contributed by atoms with Crippen LogP contribution in [-0.4, -0.2) is 43.5 Å². The Bertz CT molecular complexity index is 2110. The fraction of sp³-hybridized carbons (Fsp3) is 0.206. The van der Waals surface area contributed by atoms with Crippen LogP contribution in [0, 0.1) is 0 Å². The maximum absolute atomic E-state index is 14.4. The van der Waals surface area contributed by atoms with Crippen molar-refractivity contribution in [1.82, 2.24) is 9.55 Å². The molecule has 0 fully saturated rings. The first kappa shape index (κ1) is 29.0. The molecule has 2 aromatic heterocycles. The molecule has 1 atom stereocenters. The van der Waals surface area contributed by atoms with E-state index in [9.17, 15) is 9.59 Å². The number of aromatic amines is 1. The van der Waals surface area contributed by atoms with Crippen molar-refractivity contribution >= 4 is 34.3 Å².